The number of hydrogen-bond acceptors (Lipinski definition) is 6. The van der Waals surface area contributed by atoms with Crippen molar-refractivity contribution in [3.63, 3.8) is 0 Å². The highest BCUT2D eigenvalue weighted by Gasteiger charge is 2.32. The van der Waals surface area contributed by atoms with Crippen LogP contribution in [0.5, 0.6) is 11.5 Å². The summed E-state index contributed by atoms with van der Waals surface area (Å²) >= 11 is 6.56. The molecule has 8 heteroatoms. The minimum absolute atomic E-state index is 0.147. The first-order valence-corrected chi connectivity index (χ1v) is 10.1. The van der Waals surface area contributed by atoms with E-state index in [1.54, 1.807) is 44.6 Å². The number of hydrogen-bond donors (Lipinski definition) is 1. The summed E-state index contributed by atoms with van der Waals surface area (Å²) in [7, 11) is 3.18. The van der Waals surface area contributed by atoms with E-state index in [4.69, 9.17) is 21.7 Å². The van der Waals surface area contributed by atoms with Crippen molar-refractivity contribution in [2.24, 2.45) is 0 Å². The predicted molar refractivity (Wildman–Crippen MR) is 119 cm³/mol. The third-order valence-corrected chi connectivity index (χ3v) is 5.60. The molecule has 0 unspecified atom stereocenters. The second-order valence-corrected chi connectivity index (χ2v) is 7.81. The smallest absolute Gasteiger partial charge is 0.266 e. The highest BCUT2D eigenvalue weighted by atomic mass is 32.2. The fourth-order valence-corrected chi connectivity index (χ4v) is 3.96. The maximum Gasteiger partial charge on any atom is 0.266 e. The number of carbonyl (C=O) groups is 2. The summed E-state index contributed by atoms with van der Waals surface area (Å²) in [6, 6.07) is 14.4. The van der Waals surface area contributed by atoms with E-state index in [1.165, 1.54) is 16.7 Å². The Morgan fingerprint density at radius 1 is 1.07 bits per heavy atom. The van der Waals surface area contributed by atoms with Gasteiger partial charge in [-0.3, -0.25) is 14.5 Å². The molecule has 1 aliphatic rings. The fourth-order valence-electron chi connectivity index (χ4n) is 2.66. The molecule has 0 saturated carbocycles. The Kier molecular flexibility index (Phi) is 6.90. The lowest BCUT2D eigenvalue weighted by Gasteiger charge is -2.14. The van der Waals surface area contributed by atoms with Crippen LogP contribution in [0.2, 0.25) is 0 Å². The lowest BCUT2D eigenvalue weighted by atomic mass is 10.2. The lowest BCUT2D eigenvalue weighted by Crippen LogP contribution is -2.31. The Balaban J connectivity index is 1.57. The van der Waals surface area contributed by atoms with Crippen molar-refractivity contribution in [1.29, 1.82) is 0 Å². The van der Waals surface area contributed by atoms with E-state index in [0.717, 1.165) is 11.3 Å². The number of nitrogens with zero attached hydrogens (tertiary/aromatic N) is 1. The van der Waals surface area contributed by atoms with Gasteiger partial charge >= 0.3 is 0 Å². The number of benzene rings is 2. The molecule has 3 rings (SSSR count). The number of carbonyl (C=O) groups excluding carboxylic acids is 2. The van der Waals surface area contributed by atoms with Gasteiger partial charge in [0.05, 0.1) is 19.1 Å². The van der Waals surface area contributed by atoms with Crippen LogP contribution in [0.25, 0.3) is 6.08 Å². The average molecular weight is 429 g/mol. The van der Waals surface area contributed by atoms with Crippen molar-refractivity contribution in [1.82, 2.24) is 4.90 Å². The second-order valence-electron chi connectivity index (χ2n) is 6.13. The highest BCUT2D eigenvalue weighted by Crippen LogP contribution is 2.32. The van der Waals surface area contributed by atoms with Crippen molar-refractivity contribution in [3.05, 3.63) is 59.0 Å². The molecule has 0 aromatic heterocycles. The Labute approximate surface area is 178 Å². The quantitative estimate of drug-likeness (QED) is 0.532. The van der Waals surface area contributed by atoms with Crippen LogP contribution in [-0.4, -0.2) is 41.8 Å². The normalized spacial score (nSPS) is 15.0. The van der Waals surface area contributed by atoms with Crippen LogP contribution in [0.3, 0.4) is 0 Å². The summed E-state index contributed by atoms with van der Waals surface area (Å²) in [5.74, 6) is 1.08. The van der Waals surface area contributed by atoms with Gasteiger partial charge in [0.2, 0.25) is 5.91 Å². The van der Waals surface area contributed by atoms with Crippen LogP contribution in [0.15, 0.2) is 53.4 Å². The number of thioether (sulfide) groups is 1. The number of amides is 2. The molecule has 0 aliphatic carbocycles. The first-order chi connectivity index (χ1) is 14.0. The molecule has 0 bridgehead atoms. The van der Waals surface area contributed by atoms with Crippen molar-refractivity contribution < 1.29 is 19.1 Å². The predicted octanol–water partition coefficient (Wildman–Crippen LogP) is 3.93. The van der Waals surface area contributed by atoms with E-state index in [2.05, 4.69) is 5.32 Å². The van der Waals surface area contributed by atoms with E-state index in [-0.39, 0.29) is 24.8 Å². The van der Waals surface area contributed by atoms with Gasteiger partial charge in [-0.15, -0.1) is 0 Å². The molecule has 0 spiro atoms. The van der Waals surface area contributed by atoms with Crippen molar-refractivity contribution in [2.75, 3.05) is 26.1 Å². The molecule has 150 valence electrons. The molecule has 29 heavy (non-hydrogen) atoms. The van der Waals surface area contributed by atoms with Gasteiger partial charge in [-0.25, -0.2) is 0 Å². The molecule has 1 aliphatic heterocycles. The van der Waals surface area contributed by atoms with Gasteiger partial charge in [-0.1, -0.05) is 36.1 Å². The average Bonchev–Trinajstić information content (AvgIpc) is 3.00. The van der Waals surface area contributed by atoms with Crippen molar-refractivity contribution in [2.45, 2.75) is 6.42 Å². The van der Waals surface area contributed by atoms with Crippen LogP contribution in [0.4, 0.5) is 5.69 Å². The first kappa shape index (κ1) is 20.9. The van der Waals surface area contributed by atoms with E-state index < -0.39 is 0 Å². The summed E-state index contributed by atoms with van der Waals surface area (Å²) < 4.78 is 10.7. The number of nitrogens with one attached hydrogen (secondary N) is 1. The van der Waals surface area contributed by atoms with E-state index in [1.807, 2.05) is 24.3 Å². The largest absolute Gasteiger partial charge is 0.497 e. The van der Waals surface area contributed by atoms with Gasteiger partial charge in [-0.05, 0) is 48.0 Å². The lowest BCUT2D eigenvalue weighted by molar-refractivity contribution is -0.122. The van der Waals surface area contributed by atoms with Gasteiger partial charge < -0.3 is 14.8 Å². The Bertz CT molecular complexity index is 940. The van der Waals surface area contributed by atoms with Crippen LogP contribution in [0.1, 0.15) is 12.0 Å². The number of anilines is 1. The van der Waals surface area contributed by atoms with Crippen LogP contribution in [0, 0.1) is 0 Å². The first-order valence-electron chi connectivity index (χ1n) is 8.83. The minimum atomic E-state index is -0.191. The summed E-state index contributed by atoms with van der Waals surface area (Å²) in [6.45, 7) is 0.229. The third-order valence-electron chi connectivity index (χ3n) is 4.22. The third kappa shape index (κ3) is 5.36. The van der Waals surface area contributed by atoms with Gasteiger partial charge in [0.15, 0.2) is 0 Å². The molecule has 1 N–H and O–H groups in total. The van der Waals surface area contributed by atoms with Crippen molar-refractivity contribution in [3.8, 4) is 11.5 Å². The van der Waals surface area contributed by atoms with Crippen LogP contribution in [-0.2, 0) is 9.59 Å². The summed E-state index contributed by atoms with van der Waals surface area (Å²) in [6.07, 6.45) is 1.93. The van der Waals surface area contributed by atoms with Gasteiger partial charge in [0.1, 0.15) is 15.8 Å². The second kappa shape index (κ2) is 9.58. The Morgan fingerprint density at radius 2 is 1.66 bits per heavy atom. The van der Waals surface area contributed by atoms with Gasteiger partial charge in [-0.2, -0.15) is 0 Å². The van der Waals surface area contributed by atoms with Gasteiger partial charge in [0.25, 0.3) is 5.91 Å². The molecule has 2 aromatic carbocycles. The zero-order valence-electron chi connectivity index (χ0n) is 16.0. The molecule has 2 aromatic rings. The molecule has 0 atom stereocenters. The molecule has 6 nitrogen and oxygen atoms in total. The van der Waals surface area contributed by atoms with Crippen LogP contribution >= 0.6 is 24.0 Å². The van der Waals surface area contributed by atoms with Crippen LogP contribution < -0.4 is 14.8 Å². The molecule has 0 radical (unpaired) electrons. The number of methoxy groups -OCH3 is 2. The summed E-state index contributed by atoms with van der Waals surface area (Å²) in [4.78, 5) is 26.9. The summed E-state index contributed by atoms with van der Waals surface area (Å²) in [5, 5.41) is 2.80. The minimum Gasteiger partial charge on any atom is -0.497 e. The maximum absolute atomic E-state index is 12.7. The van der Waals surface area contributed by atoms with Gasteiger partial charge in [0, 0.05) is 18.7 Å². The Hall–Kier alpha value is -2.84. The maximum atomic E-state index is 12.7. The monoisotopic (exact) mass is 428 g/mol. The van der Waals surface area contributed by atoms with E-state index >= 15 is 0 Å². The zero-order chi connectivity index (χ0) is 20.8. The number of ether oxygens (including phenoxy) is 2. The molecular weight excluding hydrogens is 408 g/mol. The summed E-state index contributed by atoms with van der Waals surface area (Å²) in [5.41, 5.74) is 1.55. The molecule has 2 amide bonds. The number of thiocarbonyl (C=S) groups is 1. The zero-order valence-corrected chi connectivity index (χ0v) is 17.6. The SMILES string of the molecule is COc1ccc(/C=C2/SC(=S)N(CCC(=O)Nc3ccc(OC)cc3)C2=O)cc1. The fraction of sp³-hybridized carbons (Fsp3) is 0.190. The standard InChI is InChI=1S/C21H20N2O4S2/c1-26-16-7-3-14(4-8-16)13-18-20(25)23(21(28)29-18)12-11-19(24)22-15-5-9-17(27-2)10-6-15/h3-10,13H,11-12H2,1-2H3,(H,22,24)/b18-13+. The Morgan fingerprint density at radius 3 is 2.24 bits per heavy atom. The topological polar surface area (TPSA) is 67.9 Å². The number of rotatable bonds is 7. The molecule has 1 heterocycles. The molecule has 1 saturated heterocycles. The highest BCUT2D eigenvalue weighted by molar-refractivity contribution is 8.26. The molecular formula is C21H20N2O4S2. The van der Waals surface area contributed by atoms with E-state index in [9.17, 15) is 9.59 Å². The van der Waals surface area contributed by atoms with Crippen molar-refractivity contribution >= 4 is 51.9 Å². The van der Waals surface area contributed by atoms with E-state index in [0.29, 0.717) is 20.7 Å². The molecule has 1 fully saturated rings.